The number of carbonyl (C=O) groups excluding carboxylic acids is 2. The van der Waals surface area contributed by atoms with Gasteiger partial charge in [0.15, 0.2) is 6.10 Å². The second-order valence-corrected chi connectivity index (χ2v) is 9.56. The first kappa shape index (κ1) is 22.8. The zero-order valence-electron chi connectivity index (χ0n) is 19.8. The van der Waals surface area contributed by atoms with Crippen molar-refractivity contribution in [2.24, 2.45) is 0 Å². The Morgan fingerprint density at radius 2 is 2.06 bits per heavy atom. The van der Waals surface area contributed by atoms with Crippen molar-refractivity contribution >= 4 is 22.8 Å². The van der Waals surface area contributed by atoms with E-state index in [1.165, 1.54) is 17.6 Å². The van der Waals surface area contributed by atoms with Crippen molar-refractivity contribution in [2.45, 2.75) is 52.0 Å². The minimum absolute atomic E-state index is 0.140. The maximum atomic E-state index is 14.9. The largest absolute Gasteiger partial charge is 0.458 e. The predicted molar refractivity (Wildman–Crippen MR) is 126 cm³/mol. The average molecular weight is 493 g/mol. The molecule has 36 heavy (non-hydrogen) atoms. The van der Waals surface area contributed by atoms with E-state index < -0.39 is 17.6 Å². The molecular weight excluding hydrogens is 469 g/mol. The van der Waals surface area contributed by atoms with Gasteiger partial charge in [0, 0.05) is 36.0 Å². The van der Waals surface area contributed by atoms with Gasteiger partial charge >= 0.3 is 5.97 Å². The summed E-state index contributed by atoms with van der Waals surface area (Å²) >= 11 is 0. The van der Waals surface area contributed by atoms with Crippen LogP contribution >= 0.6 is 0 Å². The summed E-state index contributed by atoms with van der Waals surface area (Å²) in [4.78, 5) is 44.4. The number of cyclic esters (lactones) is 1. The van der Waals surface area contributed by atoms with Crippen LogP contribution in [-0.2, 0) is 33.9 Å². The maximum Gasteiger partial charge on any atom is 0.340 e. The molecule has 2 N–H and O–H groups in total. The number of nitrogens with zero attached hydrogens (tertiary/aromatic N) is 3. The Bertz CT molecular complexity index is 1560. The van der Waals surface area contributed by atoms with Crippen LogP contribution in [0.4, 0.5) is 4.39 Å². The number of carbonyl (C=O) groups is 2. The Kier molecular flexibility index (Phi) is 5.03. The molecule has 0 fully saturated rings. The van der Waals surface area contributed by atoms with Crippen LogP contribution in [-0.4, -0.2) is 49.7 Å². The Hall–Kier alpha value is -3.63. The van der Waals surface area contributed by atoms with Crippen molar-refractivity contribution in [3.05, 3.63) is 61.7 Å². The van der Waals surface area contributed by atoms with Crippen LogP contribution in [0.15, 0.2) is 16.9 Å². The van der Waals surface area contributed by atoms with Gasteiger partial charge in [0.05, 0.1) is 41.7 Å². The number of aliphatic hydroxyl groups is 2. The van der Waals surface area contributed by atoms with E-state index in [-0.39, 0.29) is 55.2 Å². The molecule has 0 bridgehead atoms. The lowest BCUT2D eigenvalue weighted by Gasteiger charge is -2.36. The number of esters is 1. The van der Waals surface area contributed by atoms with Gasteiger partial charge < -0.3 is 24.4 Å². The number of pyridine rings is 2. The minimum Gasteiger partial charge on any atom is -0.458 e. The number of rotatable bonds is 3. The molecule has 9 nitrogen and oxygen atoms in total. The molecular formula is C26H24FN3O6. The van der Waals surface area contributed by atoms with E-state index in [2.05, 4.69) is 0 Å². The second kappa shape index (κ2) is 7.94. The van der Waals surface area contributed by atoms with Gasteiger partial charge in [-0.2, -0.15) is 0 Å². The van der Waals surface area contributed by atoms with Gasteiger partial charge in [-0.15, -0.1) is 0 Å². The summed E-state index contributed by atoms with van der Waals surface area (Å²) in [6.07, 6.45) is -0.502. The van der Waals surface area contributed by atoms with Gasteiger partial charge in [0.25, 0.3) is 5.56 Å². The van der Waals surface area contributed by atoms with Crippen molar-refractivity contribution in [3.8, 4) is 11.4 Å². The van der Waals surface area contributed by atoms with E-state index in [0.717, 1.165) is 22.1 Å². The number of aliphatic hydroxyl groups excluding tert-OH is 2. The molecule has 3 aromatic rings. The number of halogens is 1. The Labute approximate surface area is 204 Å². The van der Waals surface area contributed by atoms with Crippen LogP contribution in [0, 0.1) is 12.7 Å². The van der Waals surface area contributed by atoms with Gasteiger partial charge in [-0.25, -0.2) is 14.2 Å². The highest BCUT2D eigenvalue weighted by atomic mass is 19.1. The molecule has 2 unspecified atom stereocenters. The SMILES string of the molecule is CC(=O)N(CCO)C1CCc2c(C)c(F)cc3nc4c(c1c23)Cn1c-4cc2c(c1=O)COC(=O)C2O. The number of fused-ring (bicyclic) bond motifs is 5. The van der Waals surface area contributed by atoms with Crippen molar-refractivity contribution in [2.75, 3.05) is 13.2 Å². The summed E-state index contributed by atoms with van der Waals surface area (Å²) in [6, 6.07) is 2.57. The summed E-state index contributed by atoms with van der Waals surface area (Å²) in [7, 11) is 0. The van der Waals surface area contributed by atoms with Crippen molar-refractivity contribution in [3.63, 3.8) is 0 Å². The molecule has 4 heterocycles. The van der Waals surface area contributed by atoms with Gasteiger partial charge in [-0.05, 0) is 42.5 Å². The molecule has 2 atom stereocenters. The van der Waals surface area contributed by atoms with Gasteiger partial charge in [0.2, 0.25) is 5.91 Å². The minimum atomic E-state index is -1.58. The topological polar surface area (TPSA) is 122 Å². The van der Waals surface area contributed by atoms with E-state index >= 15 is 0 Å². The smallest absolute Gasteiger partial charge is 0.340 e. The van der Waals surface area contributed by atoms with Crippen LogP contribution in [0.1, 0.15) is 58.9 Å². The van der Waals surface area contributed by atoms with E-state index in [9.17, 15) is 29.0 Å². The molecule has 0 saturated carbocycles. The van der Waals surface area contributed by atoms with Crippen molar-refractivity contribution in [1.82, 2.24) is 14.5 Å². The van der Waals surface area contributed by atoms with Crippen molar-refractivity contribution < 1.29 is 28.9 Å². The van der Waals surface area contributed by atoms with Crippen LogP contribution in [0.3, 0.4) is 0 Å². The van der Waals surface area contributed by atoms with E-state index in [4.69, 9.17) is 9.72 Å². The van der Waals surface area contributed by atoms with Crippen LogP contribution in [0.25, 0.3) is 22.3 Å². The fourth-order valence-corrected chi connectivity index (χ4v) is 6.03. The average Bonchev–Trinajstić information content (AvgIpc) is 3.22. The maximum absolute atomic E-state index is 14.9. The van der Waals surface area contributed by atoms with E-state index in [1.54, 1.807) is 17.9 Å². The van der Waals surface area contributed by atoms with E-state index in [0.29, 0.717) is 35.3 Å². The Morgan fingerprint density at radius 1 is 1.28 bits per heavy atom. The lowest BCUT2D eigenvalue weighted by atomic mass is 9.81. The number of benzene rings is 1. The van der Waals surface area contributed by atoms with Crippen LogP contribution in [0.5, 0.6) is 0 Å². The summed E-state index contributed by atoms with van der Waals surface area (Å²) in [6.45, 7) is 3.06. The highest BCUT2D eigenvalue weighted by molar-refractivity contribution is 5.93. The molecule has 1 amide bonds. The fraction of sp³-hybridized carbons (Fsp3) is 0.385. The number of ether oxygens (including phenoxy) is 1. The molecule has 3 aliphatic rings. The summed E-state index contributed by atoms with van der Waals surface area (Å²) in [5.41, 5.74) is 4.20. The zero-order chi connectivity index (χ0) is 25.5. The first-order valence-corrected chi connectivity index (χ1v) is 11.9. The van der Waals surface area contributed by atoms with Gasteiger partial charge in [0.1, 0.15) is 12.4 Å². The van der Waals surface area contributed by atoms with Crippen LogP contribution < -0.4 is 5.56 Å². The molecule has 6 rings (SSSR count). The van der Waals surface area contributed by atoms with Crippen molar-refractivity contribution in [1.29, 1.82) is 0 Å². The molecule has 1 aromatic carbocycles. The summed E-state index contributed by atoms with van der Waals surface area (Å²) in [5.74, 6) is -1.40. The zero-order valence-corrected chi connectivity index (χ0v) is 19.8. The van der Waals surface area contributed by atoms with Gasteiger partial charge in [-0.1, -0.05) is 0 Å². The molecule has 2 aromatic heterocycles. The highest BCUT2D eigenvalue weighted by Crippen LogP contribution is 2.47. The third-order valence-electron chi connectivity index (χ3n) is 7.74. The Morgan fingerprint density at radius 3 is 2.78 bits per heavy atom. The molecule has 186 valence electrons. The highest BCUT2D eigenvalue weighted by Gasteiger charge is 2.38. The summed E-state index contributed by atoms with van der Waals surface area (Å²) in [5, 5.41) is 20.8. The fourth-order valence-electron chi connectivity index (χ4n) is 6.03. The lowest BCUT2D eigenvalue weighted by Crippen LogP contribution is -2.37. The summed E-state index contributed by atoms with van der Waals surface area (Å²) < 4.78 is 21.4. The molecule has 1 aliphatic carbocycles. The molecule has 0 saturated heterocycles. The van der Waals surface area contributed by atoms with Gasteiger partial charge in [-0.3, -0.25) is 9.59 Å². The molecule has 2 aliphatic heterocycles. The lowest BCUT2D eigenvalue weighted by molar-refractivity contribution is -0.157. The number of hydrogen-bond donors (Lipinski definition) is 2. The number of aryl methyl sites for hydroxylation is 1. The second-order valence-electron chi connectivity index (χ2n) is 9.56. The normalized spacial score (nSPS) is 19.5. The number of aromatic nitrogens is 2. The molecule has 0 radical (unpaired) electrons. The van der Waals surface area contributed by atoms with E-state index in [1.807, 2.05) is 0 Å². The quantitative estimate of drug-likeness (QED) is 0.417. The monoisotopic (exact) mass is 493 g/mol. The Balaban J connectivity index is 1.67. The predicted octanol–water partition coefficient (Wildman–Crippen LogP) is 1.79. The van der Waals surface area contributed by atoms with Crippen LogP contribution in [0.2, 0.25) is 0 Å². The molecule has 10 heteroatoms. The number of hydrogen-bond acceptors (Lipinski definition) is 7. The first-order chi connectivity index (χ1) is 17.2. The standard InChI is InChI=1S/C26H24FN3O6/c1-11-13-3-4-19(29(5-6-31)12(2)32)22-15-9-30-20(23(15)28-18(21(13)22)8-17(11)27)7-14-16(25(30)34)10-36-26(35)24(14)33/h7-8,19,24,31,33H,3-6,9-10H2,1-2H3. The first-order valence-electron chi connectivity index (χ1n) is 11.9. The number of amides is 1. The third kappa shape index (κ3) is 3.00. The molecule has 0 spiro atoms. The third-order valence-corrected chi connectivity index (χ3v) is 7.74.